The Kier molecular flexibility index (Phi) is 4.76. The lowest BCUT2D eigenvalue weighted by Gasteiger charge is -2.09. The standard InChI is InChI=1S/C20H13N3O7S/c24-16-10-17(31(28,29)30)18-13(6-3-7-15(18)23(26)27)19(16)22-21-14-9-8-11-4-1-2-5-12(11)20(14)25/h1-10,24-25H,(H,28,29,30). The number of phenolic OH excluding ortho intramolecular Hbond substituents is 2. The van der Waals surface area contributed by atoms with Crippen LogP contribution in [0.1, 0.15) is 0 Å². The normalized spacial score (nSPS) is 12.0. The van der Waals surface area contributed by atoms with Crippen LogP contribution >= 0.6 is 0 Å². The van der Waals surface area contributed by atoms with Crippen LogP contribution in [0.15, 0.2) is 75.8 Å². The Balaban J connectivity index is 1.97. The predicted octanol–water partition coefficient (Wildman–Crippen LogP) is 4.97. The molecule has 0 saturated heterocycles. The van der Waals surface area contributed by atoms with E-state index in [0.717, 1.165) is 11.5 Å². The van der Waals surface area contributed by atoms with E-state index >= 15 is 0 Å². The number of phenols is 2. The van der Waals surface area contributed by atoms with E-state index in [1.807, 2.05) is 0 Å². The van der Waals surface area contributed by atoms with Gasteiger partial charge in [-0.2, -0.15) is 8.42 Å². The highest BCUT2D eigenvalue weighted by atomic mass is 32.2. The van der Waals surface area contributed by atoms with Crippen LogP contribution in [-0.4, -0.2) is 28.1 Å². The van der Waals surface area contributed by atoms with E-state index in [1.54, 1.807) is 30.3 Å². The lowest BCUT2D eigenvalue weighted by molar-refractivity contribution is -0.383. The van der Waals surface area contributed by atoms with Gasteiger partial charge >= 0.3 is 0 Å². The number of fused-ring (bicyclic) bond motifs is 2. The monoisotopic (exact) mass is 439 g/mol. The molecule has 0 radical (unpaired) electrons. The van der Waals surface area contributed by atoms with Crippen molar-refractivity contribution in [1.29, 1.82) is 0 Å². The number of non-ortho nitro benzene ring substituents is 1. The molecule has 0 aliphatic rings. The first-order chi connectivity index (χ1) is 14.7. The van der Waals surface area contributed by atoms with Gasteiger partial charge in [0.05, 0.1) is 10.3 Å². The van der Waals surface area contributed by atoms with Crippen molar-refractivity contribution < 1.29 is 28.1 Å². The molecule has 0 saturated carbocycles. The second-order valence-corrected chi connectivity index (χ2v) is 7.92. The number of hydrogen-bond donors (Lipinski definition) is 3. The molecule has 4 aromatic carbocycles. The van der Waals surface area contributed by atoms with E-state index in [-0.39, 0.29) is 22.5 Å². The fourth-order valence-electron chi connectivity index (χ4n) is 3.29. The van der Waals surface area contributed by atoms with Crippen LogP contribution in [-0.2, 0) is 10.1 Å². The summed E-state index contributed by atoms with van der Waals surface area (Å²) in [5.41, 5.74) is -0.802. The Morgan fingerprint density at radius 2 is 1.61 bits per heavy atom. The summed E-state index contributed by atoms with van der Waals surface area (Å²) < 4.78 is 33.0. The summed E-state index contributed by atoms with van der Waals surface area (Å²) in [7, 11) is -4.90. The van der Waals surface area contributed by atoms with Crippen molar-refractivity contribution in [2.75, 3.05) is 0 Å². The first-order valence-electron chi connectivity index (χ1n) is 8.71. The molecule has 31 heavy (non-hydrogen) atoms. The van der Waals surface area contributed by atoms with Gasteiger partial charge in [0.2, 0.25) is 0 Å². The molecule has 0 amide bonds. The number of nitro benzene ring substituents is 1. The van der Waals surface area contributed by atoms with Crippen LogP contribution in [0, 0.1) is 10.1 Å². The van der Waals surface area contributed by atoms with E-state index in [2.05, 4.69) is 10.2 Å². The summed E-state index contributed by atoms with van der Waals surface area (Å²) in [6, 6.07) is 14.5. The number of azo groups is 1. The molecule has 0 aliphatic heterocycles. The molecule has 11 heteroatoms. The van der Waals surface area contributed by atoms with Gasteiger partial charge in [-0.05, 0) is 11.5 Å². The van der Waals surface area contributed by atoms with Crippen molar-refractivity contribution in [3.05, 3.63) is 70.8 Å². The van der Waals surface area contributed by atoms with Crippen molar-refractivity contribution in [1.82, 2.24) is 0 Å². The summed E-state index contributed by atoms with van der Waals surface area (Å²) >= 11 is 0. The van der Waals surface area contributed by atoms with E-state index in [0.29, 0.717) is 11.5 Å². The van der Waals surface area contributed by atoms with E-state index < -0.39 is 36.8 Å². The van der Waals surface area contributed by atoms with Crippen molar-refractivity contribution >= 4 is 48.7 Å². The number of nitro groups is 1. The van der Waals surface area contributed by atoms with Crippen LogP contribution in [0.25, 0.3) is 21.5 Å². The molecule has 3 N–H and O–H groups in total. The van der Waals surface area contributed by atoms with Crippen LogP contribution < -0.4 is 0 Å². The van der Waals surface area contributed by atoms with Gasteiger partial charge in [0, 0.05) is 22.9 Å². The zero-order valence-corrected chi connectivity index (χ0v) is 16.3. The number of aromatic hydroxyl groups is 2. The molecule has 0 unspecified atom stereocenters. The molecule has 10 nitrogen and oxygen atoms in total. The summed E-state index contributed by atoms with van der Waals surface area (Å²) in [5, 5.41) is 40.8. The zero-order chi connectivity index (χ0) is 22.3. The number of rotatable bonds is 4. The van der Waals surface area contributed by atoms with Gasteiger partial charge in [-0.3, -0.25) is 14.7 Å². The Morgan fingerprint density at radius 1 is 0.903 bits per heavy atom. The molecule has 0 atom stereocenters. The van der Waals surface area contributed by atoms with Crippen molar-refractivity contribution in [3.63, 3.8) is 0 Å². The molecule has 0 heterocycles. The number of nitrogens with zero attached hydrogens (tertiary/aromatic N) is 3. The third-order valence-corrected chi connectivity index (χ3v) is 5.54. The minimum atomic E-state index is -4.90. The topological polar surface area (TPSA) is 163 Å². The third-order valence-electron chi connectivity index (χ3n) is 4.67. The van der Waals surface area contributed by atoms with Gasteiger partial charge in [-0.15, -0.1) is 10.2 Å². The van der Waals surface area contributed by atoms with Gasteiger partial charge in [0.15, 0.2) is 5.75 Å². The lowest BCUT2D eigenvalue weighted by atomic mass is 10.1. The van der Waals surface area contributed by atoms with Gasteiger partial charge < -0.3 is 10.2 Å². The fourth-order valence-corrected chi connectivity index (χ4v) is 4.02. The Bertz CT molecular complexity index is 1510. The zero-order valence-electron chi connectivity index (χ0n) is 15.5. The smallest absolute Gasteiger partial charge is 0.295 e. The van der Waals surface area contributed by atoms with E-state index in [9.17, 15) is 33.3 Å². The molecule has 4 rings (SSSR count). The average Bonchev–Trinajstić information content (AvgIpc) is 2.72. The van der Waals surface area contributed by atoms with Crippen LogP contribution in [0.5, 0.6) is 11.5 Å². The molecule has 0 aliphatic carbocycles. The van der Waals surface area contributed by atoms with Gasteiger partial charge in [0.1, 0.15) is 22.0 Å². The maximum Gasteiger partial charge on any atom is 0.295 e. The quantitative estimate of drug-likeness (QED) is 0.175. The second-order valence-electron chi connectivity index (χ2n) is 6.53. The van der Waals surface area contributed by atoms with E-state index in [4.69, 9.17) is 0 Å². The van der Waals surface area contributed by atoms with Gasteiger partial charge in [-0.25, -0.2) is 0 Å². The van der Waals surface area contributed by atoms with Crippen molar-refractivity contribution in [3.8, 4) is 11.5 Å². The molecule has 0 spiro atoms. The summed E-state index contributed by atoms with van der Waals surface area (Å²) in [6.45, 7) is 0. The van der Waals surface area contributed by atoms with Crippen molar-refractivity contribution in [2.45, 2.75) is 4.90 Å². The molecular formula is C20H13N3O7S. The fraction of sp³-hybridized carbons (Fsp3) is 0. The van der Waals surface area contributed by atoms with E-state index in [1.165, 1.54) is 18.2 Å². The van der Waals surface area contributed by atoms with Gasteiger partial charge in [-0.1, -0.05) is 42.5 Å². The Morgan fingerprint density at radius 3 is 2.32 bits per heavy atom. The van der Waals surface area contributed by atoms with Crippen molar-refractivity contribution in [2.24, 2.45) is 10.2 Å². The maximum atomic E-state index is 11.8. The maximum absolute atomic E-state index is 11.8. The highest BCUT2D eigenvalue weighted by Crippen LogP contribution is 2.44. The number of benzene rings is 4. The minimum absolute atomic E-state index is 0.0653. The molecule has 156 valence electrons. The molecule has 0 bridgehead atoms. The Hall–Kier alpha value is -4.09. The van der Waals surface area contributed by atoms with Crippen LogP contribution in [0.2, 0.25) is 0 Å². The largest absolute Gasteiger partial charge is 0.506 e. The first kappa shape index (κ1) is 20.2. The van der Waals surface area contributed by atoms with Crippen LogP contribution in [0.3, 0.4) is 0 Å². The molecule has 0 fully saturated rings. The SMILES string of the molecule is O=[N+]([O-])c1cccc2c(N=Nc3ccc4ccccc4c3O)c(O)cc(S(=O)(=O)O)c12. The first-order valence-corrected chi connectivity index (χ1v) is 10.2. The summed E-state index contributed by atoms with van der Waals surface area (Å²) in [5.74, 6) is -0.837. The third kappa shape index (κ3) is 3.52. The van der Waals surface area contributed by atoms with Crippen LogP contribution in [0.4, 0.5) is 17.1 Å². The molecule has 4 aromatic rings. The highest BCUT2D eigenvalue weighted by Gasteiger charge is 2.26. The lowest BCUT2D eigenvalue weighted by Crippen LogP contribution is -2.01. The molecular weight excluding hydrogens is 426 g/mol. The number of hydrogen-bond acceptors (Lipinski definition) is 8. The summed E-state index contributed by atoms with van der Waals surface area (Å²) in [4.78, 5) is 9.77. The summed E-state index contributed by atoms with van der Waals surface area (Å²) in [6.07, 6.45) is 0. The minimum Gasteiger partial charge on any atom is -0.506 e. The Labute approximate surface area is 174 Å². The highest BCUT2D eigenvalue weighted by molar-refractivity contribution is 7.86. The average molecular weight is 439 g/mol. The predicted molar refractivity (Wildman–Crippen MR) is 112 cm³/mol. The second kappa shape index (κ2) is 7.31. The molecule has 0 aromatic heterocycles. The van der Waals surface area contributed by atoms with Gasteiger partial charge in [0.25, 0.3) is 15.8 Å².